The molecule has 0 saturated carbocycles. The van der Waals surface area contributed by atoms with Crippen molar-refractivity contribution >= 4 is 28.9 Å². The Labute approximate surface area is 183 Å². The van der Waals surface area contributed by atoms with E-state index in [9.17, 15) is 4.79 Å². The fourth-order valence-corrected chi connectivity index (χ4v) is 3.46. The molecule has 1 aromatic carbocycles. The van der Waals surface area contributed by atoms with Crippen LogP contribution in [0.2, 0.25) is 5.02 Å². The van der Waals surface area contributed by atoms with E-state index < -0.39 is 12.1 Å². The fraction of sp³-hybridized carbons (Fsp3) is 0.381. The normalized spacial score (nSPS) is 12.1. The summed E-state index contributed by atoms with van der Waals surface area (Å²) < 4.78 is 22.2. The first-order valence-electron chi connectivity index (χ1n) is 9.47. The van der Waals surface area contributed by atoms with Gasteiger partial charge in [-0.2, -0.15) is 0 Å². The van der Waals surface area contributed by atoms with E-state index in [1.807, 2.05) is 17.5 Å². The van der Waals surface area contributed by atoms with Crippen molar-refractivity contribution in [1.29, 1.82) is 0 Å². The van der Waals surface area contributed by atoms with Crippen molar-refractivity contribution in [1.82, 2.24) is 10.2 Å². The number of hydrogen-bond donors (Lipinski definition) is 0. The Morgan fingerprint density at radius 3 is 2.73 bits per heavy atom. The molecule has 1 atom stereocenters. The standard InChI is InChI=1S/C21H23ClN2O5S/c1-12(2)7-8-27-18-15(22)10-14(11-16(18)26-4)21(25)28-13(3)19-23-24-20(29-19)17-6-5-9-30-17/h5-6,9-13H,7-8H2,1-4H3. The van der Waals surface area contributed by atoms with Gasteiger partial charge >= 0.3 is 5.97 Å². The van der Waals surface area contributed by atoms with Crippen molar-refractivity contribution in [3.8, 4) is 22.3 Å². The summed E-state index contributed by atoms with van der Waals surface area (Å²) in [6.07, 6.45) is 0.142. The van der Waals surface area contributed by atoms with Gasteiger partial charge in [0, 0.05) is 0 Å². The van der Waals surface area contributed by atoms with Crippen LogP contribution < -0.4 is 9.47 Å². The van der Waals surface area contributed by atoms with Crippen molar-refractivity contribution in [2.75, 3.05) is 13.7 Å². The number of esters is 1. The molecule has 3 rings (SSSR count). The molecule has 0 bridgehead atoms. The molecular weight excluding hydrogens is 428 g/mol. The molecule has 3 aromatic rings. The summed E-state index contributed by atoms with van der Waals surface area (Å²) in [5.41, 5.74) is 0.234. The first-order chi connectivity index (χ1) is 14.4. The second-order valence-corrected chi connectivity index (χ2v) is 8.35. The van der Waals surface area contributed by atoms with Gasteiger partial charge in [-0.3, -0.25) is 0 Å². The van der Waals surface area contributed by atoms with Crippen LogP contribution in [0.4, 0.5) is 0 Å². The van der Waals surface area contributed by atoms with Crippen LogP contribution in [0.15, 0.2) is 34.1 Å². The van der Waals surface area contributed by atoms with E-state index in [1.165, 1.54) is 30.6 Å². The third-order valence-corrected chi connectivity index (χ3v) is 5.35. The Balaban J connectivity index is 1.70. The number of nitrogens with zero attached hydrogens (tertiary/aromatic N) is 2. The van der Waals surface area contributed by atoms with Crippen molar-refractivity contribution in [3.05, 3.63) is 46.1 Å². The highest BCUT2D eigenvalue weighted by Crippen LogP contribution is 2.37. The van der Waals surface area contributed by atoms with Gasteiger partial charge in [0.25, 0.3) is 11.8 Å². The maximum Gasteiger partial charge on any atom is 0.339 e. The lowest BCUT2D eigenvalue weighted by atomic mass is 10.1. The van der Waals surface area contributed by atoms with Crippen molar-refractivity contribution in [2.24, 2.45) is 5.92 Å². The molecule has 0 radical (unpaired) electrons. The molecule has 1 unspecified atom stereocenters. The summed E-state index contributed by atoms with van der Waals surface area (Å²) in [5, 5.41) is 10.2. The summed E-state index contributed by atoms with van der Waals surface area (Å²) >= 11 is 7.82. The Morgan fingerprint density at radius 2 is 2.07 bits per heavy atom. The van der Waals surface area contributed by atoms with E-state index in [0.29, 0.717) is 29.9 Å². The van der Waals surface area contributed by atoms with Crippen LogP contribution >= 0.6 is 22.9 Å². The molecule has 0 spiro atoms. The SMILES string of the molecule is COc1cc(C(=O)OC(C)c2nnc(-c3cccs3)o2)cc(Cl)c1OCCC(C)C. The zero-order valence-corrected chi connectivity index (χ0v) is 18.7. The van der Waals surface area contributed by atoms with Gasteiger partial charge in [0.1, 0.15) is 0 Å². The number of benzene rings is 1. The van der Waals surface area contributed by atoms with E-state index in [4.69, 9.17) is 30.2 Å². The number of rotatable bonds is 9. The highest BCUT2D eigenvalue weighted by atomic mass is 35.5. The summed E-state index contributed by atoms with van der Waals surface area (Å²) in [4.78, 5) is 13.5. The maximum atomic E-state index is 12.6. The van der Waals surface area contributed by atoms with Crippen LogP contribution in [-0.2, 0) is 4.74 Å². The second kappa shape index (κ2) is 9.95. The van der Waals surface area contributed by atoms with Gasteiger partial charge in [-0.05, 0) is 42.8 Å². The Hall–Kier alpha value is -2.58. The van der Waals surface area contributed by atoms with E-state index in [0.717, 1.165) is 11.3 Å². The summed E-state index contributed by atoms with van der Waals surface area (Å²) in [7, 11) is 1.49. The van der Waals surface area contributed by atoms with Crippen LogP contribution in [-0.4, -0.2) is 29.9 Å². The van der Waals surface area contributed by atoms with Gasteiger partial charge in [0.05, 0.1) is 29.2 Å². The van der Waals surface area contributed by atoms with E-state index in [-0.39, 0.29) is 16.5 Å². The molecule has 9 heteroatoms. The molecule has 2 aromatic heterocycles. The number of halogens is 1. The minimum atomic E-state index is -0.731. The molecule has 0 aliphatic carbocycles. The summed E-state index contributed by atoms with van der Waals surface area (Å²) in [6.45, 7) is 6.37. The zero-order valence-electron chi connectivity index (χ0n) is 17.2. The number of ether oxygens (including phenoxy) is 3. The number of aromatic nitrogens is 2. The summed E-state index contributed by atoms with van der Waals surface area (Å²) in [5.74, 6) is 1.27. The molecular formula is C21H23ClN2O5S. The molecule has 7 nitrogen and oxygen atoms in total. The van der Waals surface area contributed by atoms with E-state index >= 15 is 0 Å². The predicted molar refractivity (Wildman–Crippen MR) is 114 cm³/mol. The average Bonchev–Trinajstić information content (AvgIpc) is 3.40. The van der Waals surface area contributed by atoms with Gasteiger partial charge < -0.3 is 18.6 Å². The molecule has 0 saturated heterocycles. The second-order valence-electron chi connectivity index (χ2n) is 6.99. The number of carbonyl (C=O) groups is 1. The highest BCUT2D eigenvalue weighted by Gasteiger charge is 2.22. The lowest BCUT2D eigenvalue weighted by Crippen LogP contribution is -2.10. The molecule has 0 amide bonds. The minimum Gasteiger partial charge on any atom is -0.493 e. The first-order valence-corrected chi connectivity index (χ1v) is 10.7. The zero-order chi connectivity index (χ0) is 21.7. The summed E-state index contributed by atoms with van der Waals surface area (Å²) in [6, 6.07) is 6.80. The number of methoxy groups -OCH3 is 1. The van der Waals surface area contributed by atoms with Crippen LogP contribution in [0.1, 0.15) is 49.5 Å². The lowest BCUT2D eigenvalue weighted by molar-refractivity contribution is 0.0279. The van der Waals surface area contributed by atoms with Crippen LogP contribution in [0.5, 0.6) is 11.5 Å². The Kier molecular flexibility index (Phi) is 7.33. The predicted octanol–water partition coefficient (Wildman–Crippen LogP) is 5.80. The number of carbonyl (C=O) groups excluding carboxylic acids is 1. The Morgan fingerprint density at radius 1 is 1.27 bits per heavy atom. The molecule has 0 N–H and O–H groups in total. The molecule has 2 heterocycles. The minimum absolute atomic E-state index is 0.207. The quantitative estimate of drug-likeness (QED) is 0.380. The number of hydrogen-bond acceptors (Lipinski definition) is 8. The van der Waals surface area contributed by atoms with Gasteiger partial charge in [-0.15, -0.1) is 21.5 Å². The molecule has 0 aliphatic rings. The van der Waals surface area contributed by atoms with Crippen molar-refractivity contribution < 1.29 is 23.4 Å². The van der Waals surface area contributed by atoms with Crippen LogP contribution in [0, 0.1) is 5.92 Å². The average molecular weight is 451 g/mol. The third-order valence-electron chi connectivity index (χ3n) is 4.21. The molecule has 0 aliphatic heterocycles. The fourth-order valence-electron chi connectivity index (χ4n) is 2.55. The Bertz CT molecular complexity index is 987. The smallest absolute Gasteiger partial charge is 0.339 e. The topological polar surface area (TPSA) is 83.7 Å². The van der Waals surface area contributed by atoms with Crippen LogP contribution in [0.3, 0.4) is 0 Å². The first kappa shape index (κ1) is 22.1. The van der Waals surface area contributed by atoms with Gasteiger partial charge in [0.2, 0.25) is 0 Å². The monoisotopic (exact) mass is 450 g/mol. The number of thiophene rings is 1. The van der Waals surface area contributed by atoms with Gasteiger partial charge in [-0.1, -0.05) is 31.5 Å². The van der Waals surface area contributed by atoms with Crippen molar-refractivity contribution in [2.45, 2.75) is 33.3 Å². The van der Waals surface area contributed by atoms with Gasteiger partial charge in [-0.25, -0.2) is 4.79 Å². The van der Waals surface area contributed by atoms with E-state index in [1.54, 1.807) is 6.92 Å². The third kappa shape index (κ3) is 5.31. The largest absolute Gasteiger partial charge is 0.493 e. The maximum absolute atomic E-state index is 12.6. The van der Waals surface area contributed by atoms with Crippen LogP contribution in [0.25, 0.3) is 10.8 Å². The van der Waals surface area contributed by atoms with Crippen molar-refractivity contribution in [3.63, 3.8) is 0 Å². The molecule has 160 valence electrons. The highest BCUT2D eigenvalue weighted by molar-refractivity contribution is 7.13. The lowest BCUT2D eigenvalue weighted by Gasteiger charge is -2.15. The van der Waals surface area contributed by atoms with E-state index in [2.05, 4.69) is 24.0 Å². The molecule has 30 heavy (non-hydrogen) atoms. The van der Waals surface area contributed by atoms with Gasteiger partial charge in [0.15, 0.2) is 17.6 Å². The molecule has 0 fully saturated rings.